The second-order valence-corrected chi connectivity index (χ2v) is 10.4. The number of likely N-dealkylation sites (tertiary alicyclic amines) is 1. The molecule has 1 saturated heterocycles. The van der Waals surface area contributed by atoms with Crippen molar-refractivity contribution in [3.05, 3.63) is 40.3 Å². The topological polar surface area (TPSA) is 146 Å². The summed E-state index contributed by atoms with van der Waals surface area (Å²) in [6.45, 7) is 3.66. The highest BCUT2D eigenvalue weighted by Gasteiger charge is 2.30. The van der Waals surface area contributed by atoms with Gasteiger partial charge < -0.3 is 25.8 Å². The van der Waals surface area contributed by atoms with Crippen molar-refractivity contribution in [2.24, 2.45) is 22.5 Å². The van der Waals surface area contributed by atoms with E-state index in [-0.39, 0.29) is 11.7 Å². The highest BCUT2D eigenvalue weighted by atomic mass is 16.6. The molecule has 200 valence electrons. The quantitative estimate of drug-likeness (QED) is 0.432. The molecule has 1 aromatic heterocycles. The van der Waals surface area contributed by atoms with Crippen LogP contribution in [0.15, 0.2) is 34.2 Å². The minimum absolute atomic E-state index is 0.0511. The van der Waals surface area contributed by atoms with Gasteiger partial charge >= 0.3 is 0 Å². The minimum Gasteiger partial charge on any atom is -0.385 e. The van der Waals surface area contributed by atoms with E-state index in [2.05, 4.69) is 22.0 Å². The number of aromatic nitrogens is 2. The number of carbonyl (C=O) groups is 2. The van der Waals surface area contributed by atoms with Gasteiger partial charge in [-0.2, -0.15) is 0 Å². The maximum atomic E-state index is 13.7. The zero-order valence-electron chi connectivity index (χ0n) is 21.6. The summed E-state index contributed by atoms with van der Waals surface area (Å²) in [6.07, 6.45) is 10.7. The number of amides is 2. The number of hydrogen-bond donors (Lipinski definition) is 2. The van der Waals surface area contributed by atoms with E-state index < -0.39 is 29.7 Å². The minimum atomic E-state index is -0.972. The fourth-order valence-corrected chi connectivity index (χ4v) is 5.80. The lowest BCUT2D eigenvalue weighted by Crippen LogP contribution is -2.44. The van der Waals surface area contributed by atoms with E-state index >= 15 is 0 Å². The maximum Gasteiger partial charge on any atom is 0.279 e. The summed E-state index contributed by atoms with van der Waals surface area (Å²) in [5.74, 6) is -1.00. The molecule has 4 rings (SSSR count). The molecular formula is C27H38N6O4. The van der Waals surface area contributed by atoms with Gasteiger partial charge in [-0.25, -0.2) is 4.98 Å². The van der Waals surface area contributed by atoms with Crippen LogP contribution in [0.1, 0.15) is 76.4 Å². The van der Waals surface area contributed by atoms with Crippen molar-refractivity contribution in [1.29, 1.82) is 0 Å². The van der Waals surface area contributed by atoms with Gasteiger partial charge in [0.25, 0.3) is 17.4 Å². The molecule has 0 radical (unpaired) electrons. The van der Waals surface area contributed by atoms with Gasteiger partial charge in [0.2, 0.25) is 0 Å². The van der Waals surface area contributed by atoms with Crippen LogP contribution in [0.4, 0.5) is 0 Å². The monoisotopic (exact) mass is 510 g/mol. The number of hydrogen-bond acceptors (Lipinski definition) is 7. The normalized spacial score (nSPS) is 22.7. The van der Waals surface area contributed by atoms with Gasteiger partial charge in [-0.3, -0.25) is 14.4 Å². The fourth-order valence-electron chi connectivity index (χ4n) is 5.80. The molecular weight excluding hydrogens is 472 g/mol. The van der Waals surface area contributed by atoms with Crippen molar-refractivity contribution < 1.29 is 14.4 Å². The average molecular weight is 511 g/mol. The molecule has 10 nitrogen and oxygen atoms in total. The van der Waals surface area contributed by atoms with Crippen LogP contribution in [0.3, 0.4) is 0 Å². The summed E-state index contributed by atoms with van der Waals surface area (Å²) < 4.78 is 1.73. The third-order valence-electron chi connectivity index (χ3n) is 7.65. The third kappa shape index (κ3) is 6.54. The van der Waals surface area contributed by atoms with Gasteiger partial charge in [0.15, 0.2) is 18.0 Å². The second-order valence-electron chi connectivity index (χ2n) is 10.4. The first-order chi connectivity index (χ1) is 17.8. The number of oxime groups is 1. The average Bonchev–Trinajstić information content (AvgIpc) is 2.98. The molecule has 2 amide bonds. The molecule has 4 N–H and O–H groups in total. The molecule has 37 heavy (non-hydrogen) atoms. The summed E-state index contributed by atoms with van der Waals surface area (Å²) in [5.41, 5.74) is 10.8. The molecule has 1 saturated carbocycles. The predicted octanol–water partition coefficient (Wildman–Crippen LogP) is 2.47. The molecule has 1 aliphatic carbocycles. The van der Waals surface area contributed by atoms with Crippen LogP contribution in [0.5, 0.6) is 0 Å². The number of rotatable bonds is 7. The van der Waals surface area contributed by atoms with Gasteiger partial charge in [0, 0.05) is 25.2 Å². The summed E-state index contributed by atoms with van der Waals surface area (Å²) in [4.78, 5) is 48.8. The van der Waals surface area contributed by atoms with Crippen LogP contribution in [0.25, 0.3) is 11.0 Å². The molecule has 1 aliphatic heterocycles. The standard InChI is InChI=1S/C27H38N6O4/c1-18-8-4-2-3-5-9-20(16-18)32-14-12-19(13-15-32)33-22-11-7-6-10-21(22)30-25(27(33)36)24(26(29)35)31-37-17-23(28)34/h6-7,10-11,18-20H,2-5,8-9,12-17H2,1H3,(H2,28,34)(H2,29,35)/b31-24-/t18-,20-/m1/s1. The highest BCUT2D eigenvalue weighted by molar-refractivity contribution is 6.44. The molecule has 2 aliphatic rings. The molecule has 2 atom stereocenters. The zero-order valence-corrected chi connectivity index (χ0v) is 21.6. The number of piperidine rings is 1. The van der Waals surface area contributed by atoms with Crippen molar-refractivity contribution in [3.8, 4) is 0 Å². The lowest BCUT2D eigenvalue weighted by molar-refractivity contribution is -0.122. The summed E-state index contributed by atoms with van der Waals surface area (Å²) in [5, 5.41) is 3.65. The van der Waals surface area contributed by atoms with Gasteiger partial charge in [-0.1, -0.05) is 56.3 Å². The van der Waals surface area contributed by atoms with Crippen molar-refractivity contribution in [3.63, 3.8) is 0 Å². The highest BCUT2D eigenvalue weighted by Crippen LogP contribution is 2.30. The van der Waals surface area contributed by atoms with Crippen LogP contribution in [0.2, 0.25) is 0 Å². The van der Waals surface area contributed by atoms with Gasteiger partial charge in [0.1, 0.15) is 0 Å². The smallest absolute Gasteiger partial charge is 0.279 e. The van der Waals surface area contributed by atoms with Crippen LogP contribution in [-0.2, 0) is 14.4 Å². The van der Waals surface area contributed by atoms with E-state index in [4.69, 9.17) is 16.3 Å². The largest absolute Gasteiger partial charge is 0.385 e. The fraction of sp³-hybridized carbons (Fsp3) is 0.593. The first-order valence-electron chi connectivity index (χ1n) is 13.4. The number of carbonyl (C=O) groups excluding carboxylic acids is 2. The predicted molar refractivity (Wildman–Crippen MR) is 142 cm³/mol. The van der Waals surface area contributed by atoms with Crippen LogP contribution in [-0.4, -0.2) is 57.7 Å². The van der Waals surface area contributed by atoms with Crippen LogP contribution < -0.4 is 17.0 Å². The molecule has 2 heterocycles. The molecule has 2 aromatic rings. The Kier molecular flexibility index (Phi) is 8.91. The molecule has 1 aromatic carbocycles. The Labute approximate surface area is 217 Å². The van der Waals surface area contributed by atoms with E-state index in [9.17, 15) is 14.4 Å². The third-order valence-corrected chi connectivity index (χ3v) is 7.65. The van der Waals surface area contributed by atoms with Gasteiger partial charge in [-0.15, -0.1) is 0 Å². The number of fused-ring (bicyclic) bond motifs is 1. The Morgan fingerprint density at radius 3 is 2.43 bits per heavy atom. The van der Waals surface area contributed by atoms with E-state index in [1.54, 1.807) is 10.6 Å². The molecule has 2 fully saturated rings. The lowest BCUT2D eigenvalue weighted by atomic mass is 9.92. The maximum absolute atomic E-state index is 13.7. The molecule has 10 heteroatoms. The van der Waals surface area contributed by atoms with Gasteiger partial charge in [0.05, 0.1) is 11.0 Å². The van der Waals surface area contributed by atoms with Gasteiger partial charge in [-0.05, 0) is 43.7 Å². The first kappa shape index (κ1) is 26.8. The van der Waals surface area contributed by atoms with E-state index in [0.717, 1.165) is 31.8 Å². The Morgan fingerprint density at radius 1 is 1.03 bits per heavy atom. The van der Waals surface area contributed by atoms with Crippen molar-refractivity contribution in [1.82, 2.24) is 14.5 Å². The second kappa shape index (κ2) is 12.3. The van der Waals surface area contributed by atoms with E-state index in [1.807, 2.05) is 18.2 Å². The van der Waals surface area contributed by atoms with Crippen molar-refractivity contribution in [2.75, 3.05) is 19.7 Å². The summed E-state index contributed by atoms with van der Waals surface area (Å²) >= 11 is 0. The molecule has 0 unspecified atom stereocenters. The number of nitrogens with two attached hydrogens (primary N) is 2. The van der Waals surface area contributed by atoms with Crippen LogP contribution in [0, 0.1) is 5.92 Å². The summed E-state index contributed by atoms with van der Waals surface area (Å²) in [7, 11) is 0. The first-order valence-corrected chi connectivity index (χ1v) is 13.4. The van der Waals surface area contributed by atoms with E-state index in [0.29, 0.717) is 17.1 Å². The molecule has 0 spiro atoms. The zero-order chi connectivity index (χ0) is 26.4. The number of primary amides is 2. The number of nitrogens with zero attached hydrogens (tertiary/aromatic N) is 4. The summed E-state index contributed by atoms with van der Waals surface area (Å²) in [6, 6.07) is 7.87. The SMILES string of the molecule is C[C@@H]1CCCCCC[C@@H](N2CCC(n3c(=O)c(/C(=N/OCC(N)=O)C(N)=O)nc4ccccc43)CC2)C1. The van der Waals surface area contributed by atoms with E-state index in [1.165, 1.54) is 44.9 Å². The van der Waals surface area contributed by atoms with Crippen LogP contribution >= 0.6 is 0 Å². The number of benzene rings is 1. The Balaban J connectivity index is 1.62. The lowest BCUT2D eigenvalue weighted by Gasteiger charge is -2.39. The Morgan fingerprint density at radius 2 is 1.73 bits per heavy atom. The Hall–Kier alpha value is -3.27. The molecule has 0 bridgehead atoms. The van der Waals surface area contributed by atoms with Crippen molar-refractivity contribution >= 4 is 28.6 Å². The number of para-hydroxylation sites is 2. The van der Waals surface area contributed by atoms with Crippen molar-refractivity contribution in [2.45, 2.75) is 76.8 Å². The Bertz CT molecular complexity index is 1200.